The van der Waals surface area contributed by atoms with Gasteiger partial charge in [0.2, 0.25) is 0 Å². The van der Waals surface area contributed by atoms with Gasteiger partial charge in [0.25, 0.3) is 0 Å². The van der Waals surface area contributed by atoms with E-state index in [0.717, 1.165) is 32.2 Å². The SMILES string of the molecule is Cc1ccc(CN(C)C2(CC(=O)O)CCCCC2)cc1C. The Hall–Kier alpha value is -1.35. The van der Waals surface area contributed by atoms with Crippen molar-refractivity contribution < 1.29 is 9.90 Å². The van der Waals surface area contributed by atoms with Crippen LogP contribution in [0.3, 0.4) is 0 Å². The minimum Gasteiger partial charge on any atom is -0.481 e. The van der Waals surface area contributed by atoms with Gasteiger partial charge in [-0.05, 0) is 50.4 Å². The van der Waals surface area contributed by atoms with Gasteiger partial charge in [-0.1, -0.05) is 37.5 Å². The zero-order valence-electron chi connectivity index (χ0n) is 13.5. The summed E-state index contributed by atoms with van der Waals surface area (Å²) in [6.07, 6.45) is 5.78. The first-order valence-electron chi connectivity index (χ1n) is 7.92. The highest BCUT2D eigenvalue weighted by Crippen LogP contribution is 2.36. The van der Waals surface area contributed by atoms with E-state index in [1.54, 1.807) is 0 Å². The number of hydrogen-bond donors (Lipinski definition) is 1. The first-order chi connectivity index (χ1) is 9.93. The number of carboxylic acid groups (broad SMARTS) is 1. The molecule has 0 saturated heterocycles. The summed E-state index contributed by atoms with van der Waals surface area (Å²) in [4.78, 5) is 13.6. The lowest BCUT2D eigenvalue weighted by Crippen LogP contribution is -2.49. The van der Waals surface area contributed by atoms with Crippen LogP contribution in [-0.4, -0.2) is 28.6 Å². The molecular formula is C18H27NO2. The summed E-state index contributed by atoms with van der Waals surface area (Å²) in [6, 6.07) is 6.54. The highest BCUT2D eigenvalue weighted by Gasteiger charge is 2.37. The second-order valence-corrected chi connectivity index (χ2v) is 6.63. The summed E-state index contributed by atoms with van der Waals surface area (Å²) in [5.74, 6) is -0.677. The number of aliphatic carboxylic acids is 1. The molecule has 1 aromatic carbocycles. The third-order valence-corrected chi connectivity index (χ3v) is 5.07. The molecule has 0 aromatic heterocycles. The summed E-state index contributed by atoms with van der Waals surface area (Å²) in [6.45, 7) is 5.08. The molecule has 1 aromatic rings. The number of nitrogens with zero attached hydrogens (tertiary/aromatic N) is 1. The van der Waals surface area contributed by atoms with E-state index in [2.05, 4.69) is 44.0 Å². The summed E-state index contributed by atoms with van der Waals surface area (Å²) >= 11 is 0. The molecular weight excluding hydrogens is 262 g/mol. The topological polar surface area (TPSA) is 40.5 Å². The molecule has 3 heteroatoms. The van der Waals surface area contributed by atoms with Crippen LogP contribution >= 0.6 is 0 Å². The monoisotopic (exact) mass is 289 g/mol. The van der Waals surface area contributed by atoms with Gasteiger partial charge in [-0.15, -0.1) is 0 Å². The Morgan fingerprint density at radius 1 is 1.19 bits per heavy atom. The van der Waals surface area contributed by atoms with E-state index in [1.807, 2.05) is 0 Å². The van der Waals surface area contributed by atoms with Crippen LogP contribution in [0.1, 0.15) is 55.2 Å². The summed E-state index contributed by atoms with van der Waals surface area (Å²) in [7, 11) is 2.09. The Balaban J connectivity index is 2.15. The molecule has 3 nitrogen and oxygen atoms in total. The van der Waals surface area contributed by atoms with E-state index in [4.69, 9.17) is 0 Å². The summed E-state index contributed by atoms with van der Waals surface area (Å²) in [5, 5.41) is 9.30. The number of carbonyl (C=O) groups is 1. The van der Waals surface area contributed by atoms with Crippen LogP contribution in [-0.2, 0) is 11.3 Å². The molecule has 21 heavy (non-hydrogen) atoms. The minimum absolute atomic E-state index is 0.164. The minimum atomic E-state index is -0.677. The Bertz CT molecular complexity index is 504. The fourth-order valence-electron chi connectivity index (χ4n) is 3.53. The zero-order valence-corrected chi connectivity index (χ0v) is 13.5. The van der Waals surface area contributed by atoms with E-state index in [-0.39, 0.29) is 12.0 Å². The molecule has 1 fully saturated rings. The molecule has 0 heterocycles. The molecule has 0 spiro atoms. The van der Waals surface area contributed by atoms with Crippen LogP contribution in [0.4, 0.5) is 0 Å². The Kier molecular flexibility index (Phi) is 5.04. The average Bonchev–Trinajstić information content (AvgIpc) is 2.43. The lowest BCUT2D eigenvalue weighted by molar-refractivity contribution is -0.141. The van der Waals surface area contributed by atoms with Crippen molar-refractivity contribution in [3.05, 3.63) is 34.9 Å². The molecule has 2 rings (SSSR count). The maximum atomic E-state index is 11.3. The average molecular weight is 289 g/mol. The van der Waals surface area contributed by atoms with Gasteiger partial charge in [0.05, 0.1) is 6.42 Å². The van der Waals surface area contributed by atoms with Crippen molar-refractivity contribution in [1.82, 2.24) is 4.90 Å². The van der Waals surface area contributed by atoms with Crippen molar-refractivity contribution in [3.8, 4) is 0 Å². The Morgan fingerprint density at radius 3 is 2.43 bits per heavy atom. The van der Waals surface area contributed by atoms with Crippen molar-refractivity contribution in [1.29, 1.82) is 0 Å². The summed E-state index contributed by atoms with van der Waals surface area (Å²) < 4.78 is 0. The molecule has 1 aliphatic carbocycles. The van der Waals surface area contributed by atoms with E-state index in [9.17, 15) is 9.90 Å². The third kappa shape index (κ3) is 3.85. The lowest BCUT2D eigenvalue weighted by atomic mass is 9.78. The van der Waals surface area contributed by atoms with Gasteiger partial charge >= 0.3 is 5.97 Å². The van der Waals surface area contributed by atoms with Crippen LogP contribution in [0, 0.1) is 13.8 Å². The van der Waals surface area contributed by atoms with Crippen molar-refractivity contribution in [2.45, 2.75) is 64.5 Å². The van der Waals surface area contributed by atoms with Gasteiger partial charge in [0.1, 0.15) is 0 Å². The van der Waals surface area contributed by atoms with E-state index >= 15 is 0 Å². The van der Waals surface area contributed by atoms with Crippen molar-refractivity contribution in [3.63, 3.8) is 0 Å². The quantitative estimate of drug-likeness (QED) is 0.893. The molecule has 0 bridgehead atoms. The fraction of sp³-hybridized carbons (Fsp3) is 0.611. The third-order valence-electron chi connectivity index (χ3n) is 5.07. The molecule has 1 saturated carbocycles. The van der Waals surface area contributed by atoms with Gasteiger partial charge in [-0.25, -0.2) is 0 Å². The van der Waals surface area contributed by atoms with Crippen LogP contribution in [0.5, 0.6) is 0 Å². The second kappa shape index (κ2) is 6.61. The second-order valence-electron chi connectivity index (χ2n) is 6.63. The molecule has 116 valence electrons. The molecule has 0 amide bonds. The number of aryl methyl sites for hydroxylation is 2. The predicted molar refractivity (Wildman–Crippen MR) is 85.5 cm³/mol. The number of carboxylic acids is 1. The molecule has 0 radical (unpaired) electrons. The normalized spacial score (nSPS) is 17.9. The van der Waals surface area contributed by atoms with Gasteiger partial charge < -0.3 is 5.11 Å². The number of benzene rings is 1. The highest BCUT2D eigenvalue weighted by atomic mass is 16.4. The zero-order chi connectivity index (χ0) is 15.5. The molecule has 0 unspecified atom stereocenters. The number of rotatable bonds is 5. The van der Waals surface area contributed by atoms with Crippen molar-refractivity contribution >= 4 is 5.97 Å². The van der Waals surface area contributed by atoms with Crippen molar-refractivity contribution in [2.24, 2.45) is 0 Å². The van der Waals surface area contributed by atoms with Gasteiger partial charge in [-0.2, -0.15) is 0 Å². The van der Waals surface area contributed by atoms with Crippen LogP contribution in [0.15, 0.2) is 18.2 Å². The van der Waals surface area contributed by atoms with Gasteiger partial charge in [0, 0.05) is 12.1 Å². The van der Waals surface area contributed by atoms with Crippen LogP contribution in [0.25, 0.3) is 0 Å². The molecule has 0 atom stereocenters. The summed E-state index contributed by atoms with van der Waals surface area (Å²) in [5.41, 5.74) is 3.72. The van der Waals surface area contributed by atoms with Crippen molar-refractivity contribution in [2.75, 3.05) is 7.05 Å². The van der Waals surface area contributed by atoms with Gasteiger partial charge in [-0.3, -0.25) is 9.69 Å². The van der Waals surface area contributed by atoms with E-state index in [0.29, 0.717) is 0 Å². The fourth-order valence-corrected chi connectivity index (χ4v) is 3.53. The highest BCUT2D eigenvalue weighted by molar-refractivity contribution is 5.68. The molecule has 0 aliphatic heterocycles. The smallest absolute Gasteiger partial charge is 0.305 e. The Labute approximate surface area is 128 Å². The maximum absolute atomic E-state index is 11.3. The standard InChI is InChI=1S/C18H27NO2/c1-14-7-8-16(11-15(14)2)13-19(3)18(12-17(20)21)9-5-4-6-10-18/h7-8,11H,4-6,9-10,12-13H2,1-3H3,(H,20,21). The van der Waals surface area contributed by atoms with Crippen LogP contribution in [0.2, 0.25) is 0 Å². The van der Waals surface area contributed by atoms with E-state index < -0.39 is 5.97 Å². The molecule has 1 N–H and O–H groups in total. The number of hydrogen-bond acceptors (Lipinski definition) is 2. The lowest BCUT2D eigenvalue weighted by Gasteiger charge is -2.44. The predicted octanol–water partition coefficient (Wildman–Crippen LogP) is 3.91. The first-order valence-corrected chi connectivity index (χ1v) is 7.92. The largest absolute Gasteiger partial charge is 0.481 e. The van der Waals surface area contributed by atoms with E-state index in [1.165, 1.54) is 23.1 Å². The first kappa shape index (κ1) is 16.0. The Morgan fingerprint density at radius 2 is 1.86 bits per heavy atom. The van der Waals surface area contributed by atoms with Crippen LogP contribution < -0.4 is 0 Å². The molecule has 1 aliphatic rings. The maximum Gasteiger partial charge on any atom is 0.305 e. The van der Waals surface area contributed by atoms with Gasteiger partial charge in [0.15, 0.2) is 0 Å².